The molecule has 1 aliphatic rings. The maximum absolute atomic E-state index is 4.68. The third-order valence-electron chi connectivity index (χ3n) is 3.02. The van der Waals surface area contributed by atoms with Crippen LogP contribution in [0.2, 0.25) is 0 Å². The summed E-state index contributed by atoms with van der Waals surface area (Å²) in [4.78, 5) is 4.68. The summed E-state index contributed by atoms with van der Waals surface area (Å²) in [6.07, 6.45) is 7.34. The Kier molecular flexibility index (Phi) is 4.37. The molecule has 14 heavy (non-hydrogen) atoms. The number of rotatable bonds is 4. The standard InChI is InChI=1S/C13H23N/c1-10(2)6-5-7-11(3)13-9-8-12(4)14-13/h6,11,13H,5,7-9H2,1-4H3. The highest BCUT2D eigenvalue weighted by Crippen LogP contribution is 2.24. The predicted molar refractivity (Wildman–Crippen MR) is 64.0 cm³/mol. The molecule has 0 aromatic heterocycles. The van der Waals surface area contributed by atoms with E-state index >= 15 is 0 Å². The van der Waals surface area contributed by atoms with E-state index in [0.717, 1.165) is 5.92 Å². The molecular weight excluding hydrogens is 170 g/mol. The summed E-state index contributed by atoms with van der Waals surface area (Å²) in [7, 11) is 0. The third kappa shape index (κ3) is 3.65. The molecule has 0 aromatic rings. The van der Waals surface area contributed by atoms with Crippen molar-refractivity contribution in [3.8, 4) is 0 Å². The molecule has 1 rings (SSSR count). The first-order valence-corrected chi connectivity index (χ1v) is 5.76. The van der Waals surface area contributed by atoms with Gasteiger partial charge in [-0.15, -0.1) is 0 Å². The van der Waals surface area contributed by atoms with Crippen molar-refractivity contribution in [1.82, 2.24) is 0 Å². The Bertz CT molecular complexity index is 234. The van der Waals surface area contributed by atoms with Crippen LogP contribution in [0.3, 0.4) is 0 Å². The van der Waals surface area contributed by atoms with E-state index in [9.17, 15) is 0 Å². The van der Waals surface area contributed by atoms with Crippen LogP contribution >= 0.6 is 0 Å². The van der Waals surface area contributed by atoms with Crippen LogP contribution in [0.15, 0.2) is 16.6 Å². The SMILES string of the molecule is CC(C)=CCCC(C)C1CCC(C)=N1. The van der Waals surface area contributed by atoms with Crippen molar-refractivity contribution in [2.75, 3.05) is 0 Å². The van der Waals surface area contributed by atoms with Gasteiger partial charge in [-0.05, 0) is 52.4 Å². The van der Waals surface area contributed by atoms with Gasteiger partial charge in [0.25, 0.3) is 0 Å². The number of allylic oxidation sites excluding steroid dienone is 2. The van der Waals surface area contributed by atoms with Crippen LogP contribution in [0.5, 0.6) is 0 Å². The molecule has 0 amide bonds. The average Bonchev–Trinajstić information content (AvgIpc) is 2.51. The maximum atomic E-state index is 4.68. The molecule has 0 bridgehead atoms. The van der Waals surface area contributed by atoms with Crippen LogP contribution in [-0.4, -0.2) is 11.8 Å². The topological polar surface area (TPSA) is 12.4 Å². The summed E-state index contributed by atoms with van der Waals surface area (Å²) in [6, 6.07) is 0.612. The van der Waals surface area contributed by atoms with E-state index in [-0.39, 0.29) is 0 Å². The van der Waals surface area contributed by atoms with Crippen LogP contribution < -0.4 is 0 Å². The Morgan fingerprint density at radius 2 is 2.29 bits per heavy atom. The van der Waals surface area contributed by atoms with Crippen molar-refractivity contribution in [3.05, 3.63) is 11.6 Å². The summed E-state index contributed by atoms with van der Waals surface area (Å²) < 4.78 is 0. The predicted octanol–water partition coefficient (Wildman–Crippen LogP) is 3.99. The first-order valence-electron chi connectivity index (χ1n) is 5.76. The quantitative estimate of drug-likeness (QED) is 0.599. The molecule has 80 valence electrons. The molecule has 0 fully saturated rings. The summed E-state index contributed by atoms with van der Waals surface area (Å²) >= 11 is 0. The van der Waals surface area contributed by atoms with Crippen molar-refractivity contribution >= 4 is 5.71 Å². The van der Waals surface area contributed by atoms with Gasteiger partial charge in [0.1, 0.15) is 0 Å². The Hall–Kier alpha value is -0.590. The van der Waals surface area contributed by atoms with Gasteiger partial charge in [0, 0.05) is 5.71 Å². The lowest BCUT2D eigenvalue weighted by Crippen LogP contribution is -2.12. The smallest absolute Gasteiger partial charge is 0.0528 e. The molecule has 0 saturated heterocycles. The fourth-order valence-corrected chi connectivity index (χ4v) is 2.01. The van der Waals surface area contributed by atoms with Crippen LogP contribution in [-0.2, 0) is 0 Å². The molecular formula is C13H23N. The van der Waals surface area contributed by atoms with Gasteiger partial charge in [-0.3, -0.25) is 4.99 Å². The van der Waals surface area contributed by atoms with Crippen molar-refractivity contribution in [2.45, 2.75) is 59.4 Å². The lowest BCUT2D eigenvalue weighted by atomic mass is 9.95. The largest absolute Gasteiger partial charge is 0.291 e. The van der Waals surface area contributed by atoms with Gasteiger partial charge >= 0.3 is 0 Å². The average molecular weight is 193 g/mol. The van der Waals surface area contributed by atoms with Crippen LogP contribution in [0.1, 0.15) is 53.4 Å². The number of hydrogen-bond acceptors (Lipinski definition) is 1. The summed E-state index contributed by atoms with van der Waals surface area (Å²) in [6.45, 7) is 8.83. The van der Waals surface area contributed by atoms with Crippen molar-refractivity contribution in [2.24, 2.45) is 10.9 Å². The van der Waals surface area contributed by atoms with Crippen LogP contribution in [0.25, 0.3) is 0 Å². The number of aliphatic imine (C=N–C) groups is 1. The zero-order chi connectivity index (χ0) is 10.6. The molecule has 0 radical (unpaired) electrons. The Morgan fingerprint density at radius 1 is 1.57 bits per heavy atom. The molecule has 0 spiro atoms. The zero-order valence-corrected chi connectivity index (χ0v) is 10.0. The first-order chi connectivity index (χ1) is 6.59. The highest BCUT2D eigenvalue weighted by Gasteiger charge is 2.20. The van der Waals surface area contributed by atoms with E-state index in [2.05, 4.69) is 38.8 Å². The molecule has 1 heteroatoms. The highest BCUT2D eigenvalue weighted by molar-refractivity contribution is 5.83. The summed E-state index contributed by atoms with van der Waals surface area (Å²) in [5.41, 5.74) is 2.78. The molecule has 1 heterocycles. The fraction of sp³-hybridized carbons (Fsp3) is 0.769. The zero-order valence-electron chi connectivity index (χ0n) is 10.0. The second-order valence-corrected chi connectivity index (χ2v) is 4.81. The van der Waals surface area contributed by atoms with E-state index in [1.165, 1.54) is 37.0 Å². The number of nitrogens with zero attached hydrogens (tertiary/aromatic N) is 1. The monoisotopic (exact) mass is 193 g/mol. The summed E-state index contributed by atoms with van der Waals surface area (Å²) in [5, 5.41) is 0. The second-order valence-electron chi connectivity index (χ2n) is 4.81. The highest BCUT2D eigenvalue weighted by atomic mass is 14.8. The molecule has 2 unspecified atom stereocenters. The fourth-order valence-electron chi connectivity index (χ4n) is 2.01. The number of hydrogen-bond donors (Lipinski definition) is 0. The minimum Gasteiger partial charge on any atom is -0.291 e. The van der Waals surface area contributed by atoms with Gasteiger partial charge in [-0.2, -0.15) is 0 Å². The summed E-state index contributed by atoms with van der Waals surface area (Å²) in [5.74, 6) is 0.753. The van der Waals surface area contributed by atoms with Crippen molar-refractivity contribution in [3.63, 3.8) is 0 Å². The van der Waals surface area contributed by atoms with E-state index in [1.807, 2.05) is 0 Å². The molecule has 2 atom stereocenters. The van der Waals surface area contributed by atoms with Gasteiger partial charge in [0.2, 0.25) is 0 Å². The molecule has 0 aliphatic carbocycles. The third-order valence-corrected chi connectivity index (χ3v) is 3.02. The van der Waals surface area contributed by atoms with Gasteiger partial charge in [0.05, 0.1) is 6.04 Å². The van der Waals surface area contributed by atoms with E-state index in [4.69, 9.17) is 0 Å². The second kappa shape index (κ2) is 5.33. The minimum absolute atomic E-state index is 0.612. The van der Waals surface area contributed by atoms with E-state index in [1.54, 1.807) is 0 Å². The van der Waals surface area contributed by atoms with Gasteiger partial charge < -0.3 is 0 Å². The van der Waals surface area contributed by atoms with E-state index < -0.39 is 0 Å². The maximum Gasteiger partial charge on any atom is 0.0528 e. The Balaban J connectivity index is 2.29. The van der Waals surface area contributed by atoms with Crippen molar-refractivity contribution < 1.29 is 0 Å². The van der Waals surface area contributed by atoms with E-state index in [0.29, 0.717) is 6.04 Å². The van der Waals surface area contributed by atoms with Crippen LogP contribution in [0.4, 0.5) is 0 Å². The van der Waals surface area contributed by atoms with Gasteiger partial charge in [0.15, 0.2) is 0 Å². The minimum atomic E-state index is 0.612. The van der Waals surface area contributed by atoms with Crippen molar-refractivity contribution in [1.29, 1.82) is 0 Å². The molecule has 1 nitrogen and oxygen atoms in total. The normalized spacial score (nSPS) is 23.1. The van der Waals surface area contributed by atoms with Gasteiger partial charge in [-0.25, -0.2) is 0 Å². The Morgan fingerprint density at radius 3 is 2.79 bits per heavy atom. The lowest BCUT2D eigenvalue weighted by molar-refractivity contribution is 0.430. The van der Waals surface area contributed by atoms with Crippen LogP contribution in [0, 0.1) is 5.92 Å². The molecule has 0 saturated carbocycles. The Labute approximate surface area is 88.3 Å². The molecule has 1 aliphatic heterocycles. The molecule has 0 aromatic carbocycles. The molecule has 0 N–H and O–H groups in total. The first kappa shape index (κ1) is 11.5. The lowest BCUT2D eigenvalue weighted by Gasteiger charge is -2.15. The van der Waals surface area contributed by atoms with Gasteiger partial charge in [-0.1, -0.05) is 18.6 Å².